The summed E-state index contributed by atoms with van der Waals surface area (Å²) in [5.74, 6) is 0.426. The normalized spacial score (nSPS) is 15.5. The summed E-state index contributed by atoms with van der Waals surface area (Å²) in [6.45, 7) is 1.70. The molecule has 0 unspecified atom stereocenters. The molecule has 8 nitrogen and oxygen atoms in total. The number of unbranched alkanes of at least 4 members (excludes halogenated alkanes) is 4. The highest BCUT2D eigenvalue weighted by atomic mass is 32.2. The molecule has 9 heteroatoms. The summed E-state index contributed by atoms with van der Waals surface area (Å²) >= 11 is 0. The van der Waals surface area contributed by atoms with Gasteiger partial charge < -0.3 is 10.6 Å². The van der Waals surface area contributed by atoms with Gasteiger partial charge in [-0.15, -0.1) is 0 Å². The van der Waals surface area contributed by atoms with E-state index in [1.165, 1.54) is 4.47 Å². The Bertz CT molecular complexity index is 633. The second-order valence-corrected chi connectivity index (χ2v) is 8.29. The molecule has 3 N–H and O–H groups in total. The van der Waals surface area contributed by atoms with Gasteiger partial charge in [-0.05, 0) is 37.8 Å². The Labute approximate surface area is 155 Å². The first-order chi connectivity index (χ1) is 12.6. The first kappa shape index (κ1) is 20.6. The number of nitrogens with one attached hydrogen (secondary N) is 3. The van der Waals surface area contributed by atoms with Gasteiger partial charge in [0.15, 0.2) is 5.96 Å². The van der Waals surface area contributed by atoms with Gasteiger partial charge in [-0.1, -0.05) is 23.7 Å². The molecule has 1 aromatic rings. The van der Waals surface area contributed by atoms with E-state index in [0.717, 1.165) is 50.8 Å². The Balaban J connectivity index is 1.47. The highest BCUT2D eigenvalue weighted by molar-refractivity contribution is 7.88. The van der Waals surface area contributed by atoms with Crippen LogP contribution in [0.4, 0.5) is 5.69 Å². The molecule has 1 fully saturated rings. The third kappa shape index (κ3) is 7.67. The molecule has 0 radical (unpaired) electrons. The van der Waals surface area contributed by atoms with Crippen LogP contribution in [0.15, 0.2) is 24.5 Å². The number of nitrogens with zero attached hydrogens (tertiary/aromatic N) is 2. The Kier molecular flexibility index (Phi) is 8.79. The van der Waals surface area contributed by atoms with Gasteiger partial charge in [0.1, 0.15) is 0 Å². The number of anilines is 1. The SMILES string of the molecule is N=C(NCCCCCCCS(=O)(=O)N1CCCCO1)Nc1ccncc1. The van der Waals surface area contributed by atoms with E-state index in [4.69, 9.17) is 10.2 Å². The van der Waals surface area contributed by atoms with E-state index < -0.39 is 10.0 Å². The van der Waals surface area contributed by atoms with Crippen molar-refractivity contribution < 1.29 is 13.3 Å². The van der Waals surface area contributed by atoms with Gasteiger partial charge in [-0.2, -0.15) is 0 Å². The van der Waals surface area contributed by atoms with Crippen LogP contribution in [0.3, 0.4) is 0 Å². The molecule has 0 amide bonds. The zero-order valence-corrected chi connectivity index (χ0v) is 15.9. The smallest absolute Gasteiger partial charge is 0.236 e. The van der Waals surface area contributed by atoms with E-state index in [2.05, 4.69) is 15.6 Å². The zero-order chi connectivity index (χ0) is 18.7. The number of hydrogen-bond acceptors (Lipinski definition) is 5. The van der Waals surface area contributed by atoms with Crippen LogP contribution in [-0.4, -0.2) is 49.3 Å². The Morgan fingerprint density at radius 1 is 1.15 bits per heavy atom. The minimum Gasteiger partial charge on any atom is -0.356 e. The van der Waals surface area contributed by atoms with Crippen molar-refractivity contribution in [3.63, 3.8) is 0 Å². The van der Waals surface area contributed by atoms with Gasteiger partial charge in [0.05, 0.1) is 12.4 Å². The van der Waals surface area contributed by atoms with Crippen LogP contribution in [0.2, 0.25) is 0 Å². The molecule has 0 aliphatic carbocycles. The number of pyridine rings is 1. The number of aromatic nitrogens is 1. The molecule has 0 spiro atoms. The highest BCUT2D eigenvalue weighted by Gasteiger charge is 2.24. The predicted molar refractivity (Wildman–Crippen MR) is 102 cm³/mol. The molecule has 26 heavy (non-hydrogen) atoms. The Hall–Kier alpha value is -1.71. The van der Waals surface area contributed by atoms with Gasteiger partial charge in [0.2, 0.25) is 10.0 Å². The van der Waals surface area contributed by atoms with E-state index in [9.17, 15) is 8.42 Å². The molecule has 2 rings (SSSR count). The number of rotatable bonds is 10. The van der Waals surface area contributed by atoms with Crippen molar-refractivity contribution in [2.45, 2.75) is 44.9 Å². The van der Waals surface area contributed by atoms with Crippen LogP contribution in [0.25, 0.3) is 0 Å². The van der Waals surface area contributed by atoms with Gasteiger partial charge in [-0.3, -0.25) is 15.2 Å². The van der Waals surface area contributed by atoms with E-state index in [1.54, 1.807) is 24.5 Å². The zero-order valence-electron chi connectivity index (χ0n) is 15.1. The van der Waals surface area contributed by atoms with Crippen LogP contribution in [0.5, 0.6) is 0 Å². The monoisotopic (exact) mass is 383 g/mol. The third-order valence-corrected chi connectivity index (χ3v) is 5.82. The summed E-state index contributed by atoms with van der Waals surface area (Å²) in [5, 5.41) is 13.8. The predicted octanol–water partition coefficient (Wildman–Crippen LogP) is 2.33. The third-order valence-electron chi connectivity index (χ3n) is 4.11. The van der Waals surface area contributed by atoms with Crippen molar-refractivity contribution in [2.24, 2.45) is 0 Å². The fourth-order valence-corrected chi connectivity index (χ4v) is 4.09. The molecular weight excluding hydrogens is 354 g/mol. The van der Waals surface area contributed by atoms with Gasteiger partial charge in [0, 0.05) is 31.2 Å². The molecule has 0 aromatic carbocycles. The first-order valence-electron chi connectivity index (χ1n) is 9.21. The molecule has 0 atom stereocenters. The lowest BCUT2D eigenvalue weighted by Crippen LogP contribution is -2.37. The highest BCUT2D eigenvalue weighted by Crippen LogP contribution is 2.14. The lowest BCUT2D eigenvalue weighted by Gasteiger charge is -2.25. The van der Waals surface area contributed by atoms with Crippen molar-refractivity contribution in [2.75, 3.05) is 30.8 Å². The molecule has 1 saturated heterocycles. The summed E-state index contributed by atoms with van der Waals surface area (Å²) in [7, 11) is -3.26. The maximum Gasteiger partial charge on any atom is 0.236 e. The summed E-state index contributed by atoms with van der Waals surface area (Å²) in [6, 6.07) is 3.61. The van der Waals surface area contributed by atoms with Crippen molar-refractivity contribution >= 4 is 21.7 Å². The van der Waals surface area contributed by atoms with E-state index >= 15 is 0 Å². The van der Waals surface area contributed by atoms with Crippen molar-refractivity contribution in [3.05, 3.63) is 24.5 Å². The number of hydroxylamine groups is 1. The maximum absolute atomic E-state index is 12.1. The lowest BCUT2D eigenvalue weighted by atomic mass is 10.1. The lowest BCUT2D eigenvalue weighted by molar-refractivity contribution is -0.108. The van der Waals surface area contributed by atoms with Gasteiger partial charge >= 0.3 is 0 Å². The van der Waals surface area contributed by atoms with Crippen molar-refractivity contribution in [3.8, 4) is 0 Å². The van der Waals surface area contributed by atoms with Crippen molar-refractivity contribution in [1.82, 2.24) is 14.8 Å². The van der Waals surface area contributed by atoms with Crippen LogP contribution in [0, 0.1) is 5.41 Å². The fraction of sp³-hybridized carbons (Fsp3) is 0.647. The summed E-state index contributed by atoms with van der Waals surface area (Å²) < 4.78 is 25.4. The number of hydrogen-bond donors (Lipinski definition) is 3. The van der Waals surface area contributed by atoms with Gasteiger partial charge in [-0.25, -0.2) is 8.42 Å². The molecule has 146 valence electrons. The maximum atomic E-state index is 12.1. The van der Waals surface area contributed by atoms with Crippen LogP contribution in [-0.2, 0) is 14.9 Å². The largest absolute Gasteiger partial charge is 0.356 e. The first-order valence-corrected chi connectivity index (χ1v) is 10.8. The summed E-state index contributed by atoms with van der Waals surface area (Å²) in [4.78, 5) is 9.15. The van der Waals surface area contributed by atoms with Crippen LogP contribution < -0.4 is 10.6 Å². The molecular formula is C17H29N5O3S. The number of sulfonamides is 1. The molecule has 0 saturated carbocycles. The second kappa shape index (κ2) is 11.1. The Morgan fingerprint density at radius 3 is 2.62 bits per heavy atom. The van der Waals surface area contributed by atoms with Crippen molar-refractivity contribution in [1.29, 1.82) is 5.41 Å². The fourth-order valence-electron chi connectivity index (χ4n) is 2.67. The van der Waals surface area contributed by atoms with E-state index in [1.807, 2.05) is 0 Å². The Morgan fingerprint density at radius 2 is 1.88 bits per heavy atom. The molecule has 2 heterocycles. The van der Waals surface area contributed by atoms with Gasteiger partial charge in [0.25, 0.3) is 0 Å². The van der Waals surface area contributed by atoms with Crippen LogP contribution in [0.1, 0.15) is 44.9 Å². The molecule has 1 aliphatic rings. The van der Waals surface area contributed by atoms with E-state index in [-0.39, 0.29) is 11.7 Å². The average Bonchev–Trinajstić information content (AvgIpc) is 2.65. The summed E-state index contributed by atoms with van der Waals surface area (Å²) in [6.07, 6.45) is 9.64. The molecule has 0 bridgehead atoms. The minimum absolute atomic E-state index is 0.158. The summed E-state index contributed by atoms with van der Waals surface area (Å²) in [5.41, 5.74) is 0.830. The number of guanidine groups is 1. The minimum atomic E-state index is -3.26. The standard InChI is InChI=1S/C17H29N5O3S/c18-17(21-16-8-11-19-12-9-16)20-10-4-2-1-3-7-15-26(23,24)22-13-5-6-14-25-22/h8-9,11-12H,1-7,10,13-15H2,(H3,18,19,20,21). The van der Waals surface area contributed by atoms with Crippen LogP contribution >= 0.6 is 0 Å². The topological polar surface area (TPSA) is 107 Å². The van der Waals surface area contributed by atoms with E-state index in [0.29, 0.717) is 19.6 Å². The quantitative estimate of drug-likeness (QED) is 0.325. The molecule has 1 aromatic heterocycles. The second-order valence-electron chi connectivity index (χ2n) is 6.31. The molecule has 1 aliphatic heterocycles. The average molecular weight is 384 g/mol.